The lowest BCUT2D eigenvalue weighted by atomic mass is 10.1. The van der Waals surface area contributed by atoms with Crippen molar-refractivity contribution in [2.24, 2.45) is 7.05 Å². The maximum Gasteiger partial charge on any atom is 0.341 e. The monoisotopic (exact) mass is 288 g/mol. The highest BCUT2D eigenvalue weighted by atomic mass is 16.5. The molecular formula is C16H20N2O3. The Hall–Kier alpha value is -2.30. The normalized spacial score (nSPS) is 10.5. The van der Waals surface area contributed by atoms with E-state index in [-0.39, 0.29) is 12.6 Å². The average Bonchev–Trinajstić information content (AvgIpc) is 2.81. The second-order valence-electron chi connectivity index (χ2n) is 4.91. The van der Waals surface area contributed by atoms with Crippen molar-refractivity contribution in [1.29, 1.82) is 0 Å². The van der Waals surface area contributed by atoms with Crippen molar-refractivity contribution in [1.82, 2.24) is 9.78 Å². The van der Waals surface area contributed by atoms with Crippen LogP contribution in [0, 0.1) is 13.8 Å². The molecule has 2 aromatic rings. The molecule has 0 aliphatic heterocycles. The summed E-state index contributed by atoms with van der Waals surface area (Å²) < 4.78 is 12.5. The van der Waals surface area contributed by atoms with E-state index in [9.17, 15) is 4.79 Å². The fraction of sp³-hybridized carbons (Fsp3) is 0.375. The standard InChI is InChI=1S/C16H20N2O3/c1-5-20-16(19)13-9-17-18(4)14(13)10-21-15-8-11(2)6-7-12(15)3/h6-9H,5,10H2,1-4H3. The maximum atomic E-state index is 11.9. The lowest BCUT2D eigenvalue weighted by Gasteiger charge is -2.11. The molecule has 0 saturated carbocycles. The number of hydrogen-bond acceptors (Lipinski definition) is 4. The Labute approximate surface area is 124 Å². The largest absolute Gasteiger partial charge is 0.487 e. The van der Waals surface area contributed by atoms with Crippen LogP contribution in [0.2, 0.25) is 0 Å². The van der Waals surface area contributed by atoms with Gasteiger partial charge in [-0.2, -0.15) is 5.10 Å². The summed E-state index contributed by atoms with van der Waals surface area (Å²) in [5.41, 5.74) is 3.34. The Morgan fingerprint density at radius 1 is 1.33 bits per heavy atom. The fourth-order valence-corrected chi connectivity index (χ4v) is 2.02. The van der Waals surface area contributed by atoms with Gasteiger partial charge in [-0.05, 0) is 38.0 Å². The second kappa shape index (κ2) is 6.43. The molecule has 0 amide bonds. The van der Waals surface area contributed by atoms with Crippen LogP contribution in [-0.4, -0.2) is 22.4 Å². The highest BCUT2D eigenvalue weighted by molar-refractivity contribution is 5.90. The van der Waals surface area contributed by atoms with Gasteiger partial charge in [0.15, 0.2) is 0 Å². The van der Waals surface area contributed by atoms with Crippen LogP contribution in [0.15, 0.2) is 24.4 Å². The molecule has 0 unspecified atom stereocenters. The molecule has 0 aliphatic carbocycles. The summed E-state index contributed by atoms with van der Waals surface area (Å²) in [4.78, 5) is 11.9. The predicted octanol–water partition coefficient (Wildman–Crippen LogP) is 2.79. The predicted molar refractivity (Wildman–Crippen MR) is 79.4 cm³/mol. The van der Waals surface area contributed by atoms with Crippen LogP contribution >= 0.6 is 0 Å². The van der Waals surface area contributed by atoms with Crippen molar-refractivity contribution in [2.45, 2.75) is 27.4 Å². The third kappa shape index (κ3) is 3.42. The molecule has 0 atom stereocenters. The van der Waals surface area contributed by atoms with Gasteiger partial charge in [0, 0.05) is 7.05 Å². The summed E-state index contributed by atoms with van der Waals surface area (Å²) in [6.07, 6.45) is 1.51. The van der Waals surface area contributed by atoms with Crippen LogP contribution < -0.4 is 4.74 Å². The molecule has 0 spiro atoms. The lowest BCUT2D eigenvalue weighted by Crippen LogP contribution is -2.11. The summed E-state index contributed by atoms with van der Waals surface area (Å²) in [6.45, 7) is 6.39. The van der Waals surface area contributed by atoms with Crippen LogP contribution in [0.5, 0.6) is 5.75 Å². The summed E-state index contributed by atoms with van der Waals surface area (Å²) >= 11 is 0. The number of rotatable bonds is 5. The molecule has 0 N–H and O–H groups in total. The van der Waals surface area contributed by atoms with Crippen molar-refractivity contribution in [3.63, 3.8) is 0 Å². The first-order chi connectivity index (χ1) is 10.0. The molecule has 1 heterocycles. The smallest absolute Gasteiger partial charge is 0.341 e. The van der Waals surface area contributed by atoms with Gasteiger partial charge in [0.25, 0.3) is 0 Å². The minimum absolute atomic E-state index is 0.273. The third-order valence-corrected chi connectivity index (χ3v) is 3.26. The van der Waals surface area contributed by atoms with Gasteiger partial charge in [0.05, 0.1) is 18.5 Å². The van der Waals surface area contributed by atoms with E-state index < -0.39 is 0 Å². The molecule has 1 aromatic carbocycles. The van der Waals surface area contributed by atoms with Crippen LogP contribution in [0.4, 0.5) is 0 Å². The zero-order valence-electron chi connectivity index (χ0n) is 12.8. The quantitative estimate of drug-likeness (QED) is 0.794. The minimum atomic E-state index is -0.370. The van der Waals surface area contributed by atoms with E-state index in [1.54, 1.807) is 18.7 Å². The van der Waals surface area contributed by atoms with Gasteiger partial charge >= 0.3 is 5.97 Å². The Bertz CT molecular complexity index is 647. The molecule has 0 radical (unpaired) electrons. The number of hydrogen-bond donors (Lipinski definition) is 0. The van der Waals surface area contributed by atoms with E-state index in [0.29, 0.717) is 17.9 Å². The van der Waals surface area contributed by atoms with E-state index in [2.05, 4.69) is 5.10 Å². The molecule has 0 bridgehead atoms. The summed E-state index contributed by atoms with van der Waals surface area (Å²) in [5, 5.41) is 4.11. The van der Waals surface area contributed by atoms with Gasteiger partial charge in [0.1, 0.15) is 17.9 Å². The van der Waals surface area contributed by atoms with Gasteiger partial charge < -0.3 is 9.47 Å². The Kier molecular flexibility index (Phi) is 4.62. The molecule has 0 aliphatic rings. The van der Waals surface area contributed by atoms with Crippen LogP contribution in [0.3, 0.4) is 0 Å². The number of aryl methyl sites for hydroxylation is 3. The average molecular weight is 288 g/mol. The first kappa shape index (κ1) is 15.1. The van der Waals surface area contributed by atoms with E-state index in [1.807, 2.05) is 32.0 Å². The van der Waals surface area contributed by atoms with Crippen LogP contribution in [0.1, 0.15) is 34.1 Å². The Balaban J connectivity index is 2.18. The fourth-order valence-electron chi connectivity index (χ4n) is 2.02. The molecule has 5 nitrogen and oxygen atoms in total. The van der Waals surface area contributed by atoms with Gasteiger partial charge in [-0.1, -0.05) is 12.1 Å². The SMILES string of the molecule is CCOC(=O)c1cnn(C)c1COc1cc(C)ccc1C. The molecule has 2 rings (SSSR count). The van der Waals surface area contributed by atoms with Gasteiger partial charge in [-0.25, -0.2) is 4.79 Å². The van der Waals surface area contributed by atoms with Crippen molar-refractivity contribution in [2.75, 3.05) is 6.61 Å². The van der Waals surface area contributed by atoms with Gasteiger partial charge in [0.2, 0.25) is 0 Å². The first-order valence-electron chi connectivity index (χ1n) is 6.91. The van der Waals surface area contributed by atoms with E-state index in [1.165, 1.54) is 6.20 Å². The molecule has 1 aromatic heterocycles. The summed E-state index contributed by atoms with van der Waals surface area (Å²) in [7, 11) is 1.78. The lowest BCUT2D eigenvalue weighted by molar-refractivity contribution is 0.0523. The number of ether oxygens (including phenoxy) is 2. The van der Waals surface area contributed by atoms with E-state index in [0.717, 1.165) is 16.9 Å². The molecule has 112 valence electrons. The van der Waals surface area contributed by atoms with Crippen LogP contribution in [-0.2, 0) is 18.4 Å². The number of carbonyl (C=O) groups excluding carboxylic acids is 1. The highest BCUT2D eigenvalue weighted by Crippen LogP contribution is 2.21. The van der Waals surface area contributed by atoms with Crippen molar-refractivity contribution in [3.8, 4) is 5.75 Å². The Morgan fingerprint density at radius 2 is 2.10 bits per heavy atom. The van der Waals surface area contributed by atoms with Gasteiger partial charge in [-0.15, -0.1) is 0 Å². The Morgan fingerprint density at radius 3 is 2.81 bits per heavy atom. The number of benzene rings is 1. The zero-order valence-corrected chi connectivity index (χ0v) is 12.8. The summed E-state index contributed by atoms with van der Waals surface area (Å²) in [5.74, 6) is 0.441. The van der Waals surface area contributed by atoms with Crippen molar-refractivity contribution < 1.29 is 14.3 Å². The molecular weight excluding hydrogens is 268 g/mol. The van der Waals surface area contributed by atoms with Crippen LogP contribution in [0.25, 0.3) is 0 Å². The molecule has 0 fully saturated rings. The van der Waals surface area contributed by atoms with Gasteiger partial charge in [-0.3, -0.25) is 4.68 Å². The molecule has 0 saturated heterocycles. The molecule has 5 heteroatoms. The number of esters is 1. The molecule has 21 heavy (non-hydrogen) atoms. The van der Waals surface area contributed by atoms with E-state index >= 15 is 0 Å². The van der Waals surface area contributed by atoms with Crippen molar-refractivity contribution >= 4 is 5.97 Å². The second-order valence-corrected chi connectivity index (χ2v) is 4.91. The topological polar surface area (TPSA) is 53.3 Å². The zero-order chi connectivity index (χ0) is 15.4. The number of nitrogens with zero attached hydrogens (tertiary/aromatic N) is 2. The maximum absolute atomic E-state index is 11.9. The minimum Gasteiger partial charge on any atom is -0.487 e. The highest BCUT2D eigenvalue weighted by Gasteiger charge is 2.17. The number of carbonyl (C=O) groups is 1. The first-order valence-corrected chi connectivity index (χ1v) is 6.91. The third-order valence-electron chi connectivity index (χ3n) is 3.26. The number of aromatic nitrogens is 2. The van der Waals surface area contributed by atoms with Crippen molar-refractivity contribution in [3.05, 3.63) is 46.8 Å². The summed E-state index contributed by atoms with van der Waals surface area (Å²) in [6, 6.07) is 6.03. The van der Waals surface area contributed by atoms with E-state index in [4.69, 9.17) is 9.47 Å².